The second-order valence-corrected chi connectivity index (χ2v) is 12.4. The van der Waals surface area contributed by atoms with Gasteiger partial charge in [0, 0.05) is 19.1 Å². The zero-order valence-electron chi connectivity index (χ0n) is 21.7. The maximum Gasteiger partial charge on any atom is 0.416 e. The standard InChI is InChI=1S/C27H32F3N3O5S/c1-16-5-3-4-6-19(16)21-9-10-23(26(34)35)33(21)25-24(38-25)17-11-13-32(14-12-17)22-8-7-18(27(28,29)30)15-20(22)31-39(2,36)37/h3-8,15,17,21,23-25,31H,9-14H2,1-2H3,(H,34,35)/t21-,23+,24?,25?/m1/s1. The summed E-state index contributed by atoms with van der Waals surface area (Å²) in [6.07, 6.45) is -1.48. The van der Waals surface area contributed by atoms with Gasteiger partial charge in [0.2, 0.25) is 10.0 Å². The van der Waals surface area contributed by atoms with Crippen molar-refractivity contribution in [2.75, 3.05) is 29.0 Å². The van der Waals surface area contributed by atoms with Crippen molar-refractivity contribution in [2.45, 2.75) is 63.2 Å². The average Bonchev–Trinajstić information content (AvgIpc) is 3.52. The Kier molecular flexibility index (Phi) is 7.32. The van der Waals surface area contributed by atoms with Gasteiger partial charge >= 0.3 is 12.1 Å². The number of hydrogen-bond acceptors (Lipinski definition) is 6. The van der Waals surface area contributed by atoms with Crippen LogP contribution in [-0.2, 0) is 25.7 Å². The fourth-order valence-electron chi connectivity index (χ4n) is 6.15. The van der Waals surface area contributed by atoms with Crippen molar-refractivity contribution in [1.29, 1.82) is 0 Å². The van der Waals surface area contributed by atoms with Crippen molar-refractivity contribution in [2.24, 2.45) is 5.92 Å². The molecule has 0 radical (unpaired) electrons. The summed E-state index contributed by atoms with van der Waals surface area (Å²) in [6, 6.07) is 10.4. The summed E-state index contributed by atoms with van der Waals surface area (Å²) in [5.74, 6) is -0.706. The van der Waals surface area contributed by atoms with Gasteiger partial charge in [-0.1, -0.05) is 24.3 Å². The molecule has 2 aromatic rings. The van der Waals surface area contributed by atoms with Crippen molar-refractivity contribution in [3.8, 4) is 0 Å². The molecule has 0 saturated carbocycles. The highest BCUT2D eigenvalue weighted by atomic mass is 32.2. The number of aliphatic carboxylic acids is 1. The number of nitrogens with one attached hydrogen (secondary N) is 1. The van der Waals surface area contributed by atoms with Crippen molar-refractivity contribution in [3.05, 3.63) is 59.2 Å². The Morgan fingerprint density at radius 2 is 1.77 bits per heavy atom. The highest BCUT2D eigenvalue weighted by Crippen LogP contribution is 2.48. The van der Waals surface area contributed by atoms with E-state index in [2.05, 4.69) is 4.72 Å². The van der Waals surface area contributed by atoms with Gasteiger partial charge in [0.25, 0.3) is 0 Å². The fourth-order valence-corrected chi connectivity index (χ4v) is 6.71. The molecule has 4 atom stereocenters. The number of rotatable bonds is 7. The van der Waals surface area contributed by atoms with E-state index in [9.17, 15) is 31.5 Å². The third kappa shape index (κ3) is 5.87. The normalized spacial score (nSPS) is 26.5. The molecule has 3 fully saturated rings. The molecule has 39 heavy (non-hydrogen) atoms. The quantitative estimate of drug-likeness (QED) is 0.471. The van der Waals surface area contributed by atoms with Crippen LogP contribution < -0.4 is 9.62 Å². The van der Waals surface area contributed by atoms with Crippen molar-refractivity contribution in [3.63, 3.8) is 0 Å². The van der Waals surface area contributed by atoms with Gasteiger partial charge in [-0.15, -0.1) is 0 Å². The number of carboxylic acid groups (broad SMARTS) is 1. The molecule has 8 nitrogen and oxygen atoms in total. The van der Waals surface area contributed by atoms with Gasteiger partial charge in [0.15, 0.2) is 0 Å². The van der Waals surface area contributed by atoms with Crippen LogP contribution in [0, 0.1) is 12.8 Å². The minimum atomic E-state index is -4.60. The number of carboxylic acids is 1. The van der Waals surface area contributed by atoms with E-state index in [0.29, 0.717) is 38.0 Å². The zero-order valence-corrected chi connectivity index (χ0v) is 22.5. The van der Waals surface area contributed by atoms with Gasteiger partial charge in [-0.25, -0.2) is 8.42 Å². The minimum Gasteiger partial charge on any atom is -0.480 e. The molecule has 0 aliphatic carbocycles. The molecule has 3 saturated heterocycles. The summed E-state index contributed by atoms with van der Waals surface area (Å²) >= 11 is 0. The van der Waals surface area contributed by atoms with Gasteiger partial charge in [-0.2, -0.15) is 13.2 Å². The van der Waals surface area contributed by atoms with E-state index < -0.39 is 33.8 Å². The minimum absolute atomic E-state index is 0.0424. The number of likely N-dealkylation sites (tertiary alicyclic amines) is 1. The lowest BCUT2D eigenvalue weighted by Crippen LogP contribution is -2.42. The summed E-state index contributed by atoms with van der Waals surface area (Å²) in [5.41, 5.74) is 1.58. The molecule has 0 amide bonds. The zero-order chi connectivity index (χ0) is 28.1. The molecule has 2 aromatic carbocycles. The summed E-state index contributed by atoms with van der Waals surface area (Å²) in [7, 11) is -3.79. The molecule has 5 rings (SSSR count). The number of aryl methyl sites for hydroxylation is 1. The van der Waals surface area contributed by atoms with Gasteiger partial charge in [-0.3, -0.25) is 14.4 Å². The van der Waals surface area contributed by atoms with E-state index in [-0.39, 0.29) is 30.0 Å². The lowest BCUT2D eigenvalue weighted by Gasteiger charge is -2.35. The Balaban J connectivity index is 1.29. The van der Waals surface area contributed by atoms with Gasteiger partial charge in [-0.05, 0) is 67.9 Å². The first-order valence-electron chi connectivity index (χ1n) is 13.0. The van der Waals surface area contributed by atoms with E-state index in [0.717, 1.165) is 35.9 Å². The van der Waals surface area contributed by atoms with Crippen molar-refractivity contribution >= 4 is 27.4 Å². The van der Waals surface area contributed by atoms with Crippen LogP contribution in [0.3, 0.4) is 0 Å². The number of epoxide rings is 1. The first-order valence-corrected chi connectivity index (χ1v) is 14.9. The number of benzene rings is 2. The van der Waals surface area contributed by atoms with Crippen LogP contribution in [0.5, 0.6) is 0 Å². The molecule has 12 heteroatoms. The van der Waals surface area contributed by atoms with Crippen molar-refractivity contribution in [1.82, 2.24) is 4.90 Å². The largest absolute Gasteiger partial charge is 0.480 e. The fraction of sp³-hybridized carbons (Fsp3) is 0.519. The van der Waals surface area contributed by atoms with Gasteiger partial charge in [0.1, 0.15) is 18.4 Å². The van der Waals surface area contributed by atoms with E-state index in [4.69, 9.17) is 4.74 Å². The topological polar surface area (TPSA) is 102 Å². The number of ether oxygens (including phenoxy) is 1. The molecule has 0 aromatic heterocycles. The van der Waals surface area contributed by atoms with Crippen LogP contribution in [0.25, 0.3) is 0 Å². The summed E-state index contributed by atoms with van der Waals surface area (Å²) in [5, 5.41) is 9.91. The Bertz CT molecular complexity index is 1340. The second-order valence-electron chi connectivity index (χ2n) is 10.7. The maximum absolute atomic E-state index is 13.3. The molecule has 0 spiro atoms. The number of sulfonamides is 1. The van der Waals surface area contributed by atoms with E-state index in [1.54, 1.807) is 0 Å². The number of piperidine rings is 1. The smallest absolute Gasteiger partial charge is 0.416 e. The van der Waals surface area contributed by atoms with E-state index in [1.807, 2.05) is 41.0 Å². The molecule has 3 aliphatic rings. The molecular weight excluding hydrogens is 535 g/mol. The lowest BCUT2D eigenvalue weighted by atomic mass is 9.92. The van der Waals surface area contributed by atoms with Crippen LogP contribution >= 0.6 is 0 Å². The maximum atomic E-state index is 13.3. The van der Waals surface area contributed by atoms with Crippen molar-refractivity contribution < 1.29 is 36.2 Å². The monoisotopic (exact) mass is 567 g/mol. The Hall–Kier alpha value is -2.83. The summed E-state index contributed by atoms with van der Waals surface area (Å²) in [4.78, 5) is 16.0. The van der Waals surface area contributed by atoms with Crippen LogP contribution in [0.2, 0.25) is 0 Å². The second kappa shape index (κ2) is 10.3. The number of carbonyl (C=O) groups is 1. The highest BCUT2D eigenvalue weighted by molar-refractivity contribution is 7.92. The van der Waals surface area contributed by atoms with Crippen LogP contribution in [-0.4, -0.2) is 62.1 Å². The predicted molar refractivity (Wildman–Crippen MR) is 140 cm³/mol. The lowest BCUT2D eigenvalue weighted by molar-refractivity contribution is -0.143. The molecule has 2 N–H and O–H groups in total. The molecule has 2 unspecified atom stereocenters. The molecular formula is C27H32F3N3O5S. The third-order valence-electron chi connectivity index (χ3n) is 8.02. The van der Waals surface area contributed by atoms with Gasteiger partial charge in [0.05, 0.1) is 23.2 Å². The Morgan fingerprint density at radius 1 is 1.08 bits per heavy atom. The molecule has 3 heterocycles. The first-order chi connectivity index (χ1) is 18.3. The third-order valence-corrected chi connectivity index (χ3v) is 8.62. The average molecular weight is 568 g/mol. The Morgan fingerprint density at radius 3 is 2.38 bits per heavy atom. The number of halogens is 3. The van der Waals surface area contributed by atoms with Crippen LogP contribution in [0.1, 0.15) is 48.4 Å². The summed E-state index contributed by atoms with van der Waals surface area (Å²) in [6.45, 7) is 3.03. The SMILES string of the molecule is Cc1ccccc1[C@H]1CC[C@@H](C(=O)O)N1C1OC1C1CCN(c2ccc(C(F)(F)F)cc2NS(C)(=O)=O)CC1. The number of hydrogen-bond donors (Lipinski definition) is 2. The predicted octanol–water partition coefficient (Wildman–Crippen LogP) is 4.62. The number of alkyl halides is 3. The Labute approximate surface area is 225 Å². The molecule has 3 aliphatic heterocycles. The molecule has 0 bridgehead atoms. The summed E-state index contributed by atoms with van der Waals surface area (Å²) < 4.78 is 71.9. The number of nitrogens with zero attached hydrogens (tertiary/aromatic N) is 2. The first kappa shape index (κ1) is 27.7. The van der Waals surface area contributed by atoms with E-state index in [1.165, 1.54) is 6.07 Å². The number of anilines is 2. The molecule has 212 valence electrons. The van der Waals surface area contributed by atoms with E-state index >= 15 is 0 Å². The van der Waals surface area contributed by atoms with Crippen LogP contribution in [0.4, 0.5) is 24.5 Å². The van der Waals surface area contributed by atoms with Gasteiger partial charge < -0.3 is 14.7 Å². The van der Waals surface area contributed by atoms with Crippen LogP contribution in [0.15, 0.2) is 42.5 Å². The highest BCUT2D eigenvalue weighted by Gasteiger charge is 2.56.